The summed E-state index contributed by atoms with van der Waals surface area (Å²) in [5, 5.41) is -0.275. The molecule has 1 fully saturated rings. The van der Waals surface area contributed by atoms with Crippen molar-refractivity contribution >= 4 is 29.0 Å². The summed E-state index contributed by atoms with van der Waals surface area (Å²) < 4.78 is 5.08. The number of carbonyl (C=O) groups excluding carboxylic acids is 2. The fraction of sp³-hybridized carbons (Fsp3) is 0.0909. The van der Waals surface area contributed by atoms with Gasteiger partial charge in [-0.2, -0.15) is 0 Å². The number of thioether (sulfide) groups is 1. The van der Waals surface area contributed by atoms with E-state index in [1.807, 2.05) is 0 Å². The maximum absolute atomic E-state index is 11.8. The topological polar surface area (TPSA) is 50.5 Å². The fourth-order valence-corrected chi connectivity index (χ4v) is 2.12. The van der Waals surface area contributed by atoms with Gasteiger partial charge in [0.25, 0.3) is 11.1 Å². The highest BCUT2D eigenvalue weighted by molar-refractivity contribution is 8.18. The second-order valence-corrected chi connectivity index (χ2v) is 4.09. The van der Waals surface area contributed by atoms with Crippen LogP contribution in [-0.2, 0) is 4.79 Å². The van der Waals surface area contributed by atoms with E-state index in [9.17, 15) is 9.59 Å². The van der Waals surface area contributed by atoms with Crippen molar-refractivity contribution in [1.29, 1.82) is 0 Å². The van der Waals surface area contributed by atoms with Gasteiger partial charge in [0, 0.05) is 12.6 Å². The predicted octanol–water partition coefficient (Wildman–Crippen LogP) is 2.50. The Hall–Kier alpha value is -1.75. The first-order valence-electron chi connectivity index (χ1n) is 4.62. The van der Waals surface area contributed by atoms with Crippen molar-refractivity contribution in [3.63, 3.8) is 0 Å². The zero-order valence-electron chi connectivity index (χ0n) is 8.38. The lowest BCUT2D eigenvalue weighted by Crippen LogP contribution is -2.27. The van der Waals surface area contributed by atoms with Crippen LogP contribution in [-0.4, -0.2) is 22.6 Å². The summed E-state index contributed by atoms with van der Waals surface area (Å²) in [5.41, 5.74) is 0. The molecule has 1 aromatic heterocycles. The van der Waals surface area contributed by atoms with Gasteiger partial charge in [-0.1, -0.05) is 6.08 Å². The Kier molecular flexibility index (Phi) is 2.96. The number of hydrogen-bond acceptors (Lipinski definition) is 4. The number of nitrogens with zero attached hydrogens (tertiary/aromatic N) is 1. The van der Waals surface area contributed by atoms with E-state index in [2.05, 4.69) is 6.58 Å². The van der Waals surface area contributed by atoms with Crippen LogP contribution in [0.1, 0.15) is 5.76 Å². The Labute approximate surface area is 96.6 Å². The second-order valence-electron chi connectivity index (χ2n) is 3.10. The molecule has 0 spiro atoms. The Bertz CT molecular complexity index is 462. The molecule has 0 aliphatic carbocycles. The highest BCUT2D eigenvalue weighted by Gasteiger charge is 2.34. The Balaban J connectivity index is 2.23. The summed E-state index contributed by atoms with van der Waals surface area (Å²) in [6.45, 7) is 3.74. The van der Waals surface area contributed by atoms with E-state index in [4.69, 9.17) is 4.42 Å². The third-order valence-electron chi connectivity index (χ3n) is 2.00. The lowest BCUT2D eigenvalue weighted by atomic mass is 10.3. The second kappa shape index (κ2) is 4.40. The van der Waals surface area contributed by atoms with E-state index >= 15 is 0 Å². The van der Waals surface area contributed by atoms with Gasteiger partial charge in [-0.25, -0.2) is 0 Å². The van der Waals surface area contributed by atoms with Gasteiger partial charge in [-0.3, -0.25) is 14.5 Å². The molecule has 0 N–H and O–H groups in total. The third kappa shape index (κ3) is 1.94. The SMILES string of the molecule is C=CCN1C(=O)S/C(=C\c2ccco2)C1=O. The summed E-state index contributed by atoms with van der Waals surface area (Å²) in [7, 11) is 0. The van der Waals surface area contributed by atoms with Crippen LogP contribution in [0.25, 0.3) is 6.08 Å². The van der Waals surface area contributed by atoms with Gasteiger partial charge in [-0.05, 0) is 23.9 Å². The Morgan fingerprint density at radius 3 is 2.94 bits per heavy atom. The molecule has 1 aliphatic rings. The molecule has 0 unspecified atom stereocenters. The number of imide groups is 1. The molecule has 0 radical (unpaired) electrons. The Morgan fingerprint density at radius 1 is 1.50 bits per heavy atom. The largest absolute Gasteiger partial charge is 0.465 e. The number of amides is 2. The van der Waals surface area contributed by atoms with Crippen molar-refractivity contribution < 1.29 is 14.0 Å². The molecular weight excluding hydrogens is 226 g/mol. The minimum absolute atomic E-state index is 0.236. The van der Waals surface area contributed by atoms with Crippen molar-refractivity contribution in [2.24, 2.45) is 0 Å². The van der Waals surface area contributed by atoms with E-state index in [-0.39, 0.29) is 17.7 Å². The maximum Gasteiger partial charge on any atom is 0.293 e. The normalized spacial score (nSPS) is 18.5. The highest BCUT2D eigenvalue weighted by atomic mass is 32.2. The first-order chi connectivity index (χ1) is 7.72. The molecule has 2 heterocycles. The van der Waals surface area contributed by atoms with Crippen LogP contribution in [0.3, 0.4) is 0 Å². The predicted molar refractivity (Wildman–Crippen MR) is 61.6 cm³/mol. The molecule has 0 bridgehead atoms. The molecular formula is C11H9NO3S. The Morgan fingerprint density at radius 2 is 2.31 bits per heavy atom. The van der Waals surface area contributed by atoms with Gasteiger partial charge in [0.1, 0.15) is 5.76 Å². The number of rotatable bonds is 3. The number of carbonyl (C=O) groups is 2. The molecule has 16 heavy (non-hydrogen) atoms. The van der Waals surface area contributed by atoms with Crippen LogP contribution < -0.4 is 0 Å². The first kappa shape index (κ1) is 10.8. The lowest BCUT2D eigenvalue weighted by Gasteiger charge is -2.07. The quantitative estimate of drug-likeness (QED) is 0.596. The summed E-state index contributed by atoms with van der Waals surface area (Å²) in [4.78, 5) is 24.7. The van der Waals surface area contributed by atoms with Gasteiger partial charge in [0.05, 0.1) is 11.2 Å². The molecule has 2 amide bonds. The molecule has 2 rings (SSSR count). The van der Waals surface area contributed by atoms with Crippen molar-refractivity contribution in [3.05, 3.63) is 41.7 Å². The lowest BCUT2D eigenvalue weighted by molar-refractivity contribution is -0.122. The minimum Gasteiger partial charge on any atom is -0.465 e. The van der Waals surface area contributed by atoms with E-state index in [1.54, 1.807) is 18.2 Å². The zero-order chi connectivity index (χ0) is 11.5. The summed E-state index contributed by atoms with van der Waals surface area (Å²) in [6.07, 6.45) is 4.60. The van der Waals surface area contributed by atoms with Crippen molar-refractivity contribution in [3.8, 4) is 0 Å². The third-order valence-corrected chi connectivity index (χ3v) is 2.91. The molecule has 1 saturated heterocycles. The average Bonchev–Trinajstić information content (AvgIpc) is 2.84. The van der Waals surface area contributed by atoms with Gasteiger partial charge >= 0.3 is 0 Å². The number of furan rings is 1. The molecule has 4 nitrogen and oxygen atoms in total. The van der Waals surface area contributed by atoms with Crippen LogP contribution >= 0.6 is 11.8 Å². The van der Waals surface area contributed by atoms with E-state index < -0.39 is 0 Å². The van der Waals surface area contributed by atoms with Crippen LogP contribution in [0.5, 0.6) is 0 Å². The fourth-order valence-electron chi connectivity index (χ4n) is 1.29. The highest BCUT2D eigenvalue weighted by Crippen LogP contribution is 2.31. The average molecular weight is 235 g/mol. The van der Waals surface area contributed by atoms with Crippen LogP contribution in [0.2, 0.25) is 0 Å². The molecule has 0 atom stereocenters. The molecule has 82 valence electrons. The standard InChI is InChI=1S/C11H9NO3S/c1-2-5-12-10(13)9(16-11(12)14)7-8-4-3-6-15-8/h2-4,6-7H,1,5H2/b9-7-. The molecule has 1 aliphatic heterocycles. The van der Waals surface area contributed by atoms with Crippen LogP contribution in [0, 0.1) is 0 Å². The van der Waals surface area contributed by atoms with Crippen molar-refractivity contribution in [1.82, 2.24) is 4.90 Å². The first-order valence-corrected chi connectivity index (χ1v) is 5.44. The molecule has 0 aromatic carbocycles. The zero-order valence-corrected chi connectivity index (χ0v) is 9.20. The smallest absolute Gasteiger partial charge is 0.293 e. The van der Waals surface area contributed by atoms with Crippen LogP contribution in [0.15, 0.2) is 40.4 Å². The van der Waals surface area contributed by atoms with E-state index in [0.29, 0.717) is 10.7 Å². The monoisotopic (exact) mass is 235 g/mol. The van der Waals surface area contributed by atoms with Crippen molar-refractivity contribution in [2.45, 2.75) is 0 Å². The molecule has 5 heteroatoms. The maximum atomic E-state index is 11.8. The van der Waals surface area contributed by atoms with Crippen LogP contribution in [0.4, 0.5) is 4.79 Å². The van der Waals surface area contributed by atoms with Gasteiger partial charge in [0.15, 0.2) is 0 Å². The summed E-state index contributed by atoms with van der Waals surface area (Å²) in [5.74, 6) is 0.260. The van der Waals surface area contributed by atoms with Crippen molar-refractivity contribution in [2.75, 3.05) is 6.54 Å². The minimum atomic E-state index is -0.300. The van der Waals surface area contributed by atoms with E-state index in [1.165, 1.54) is 12.3 Å². The van der Waals surface area contributed by atoms with Gasteiger partial charge < -0.3 is 4.42 Å². The molecule has 1 aromatic rings. The van der Waals surface area contributed by atoms with Gasteiger partial charge in [0.2, 0.25) is 0 Å². The summed E-state index contributed by atoms with van der Waals surface area (Å²) in [6, 6.07) is 3.45. The summed E-state index contributed by atoms with van der Waals surface area (Å²) >= 11 is 0.911. The van der Waals surface area contributed by atoms with Gasteiger partial charge in [-0.15, -0.1) is 6.58 Å². The molecule has 0 saturated carbocycles. The van der Waals surface area contributed by atoms with E-state index in [0.717, 1.165) is 16.7 Å². The number of hydrogen-bond donors (Lipinski definition) is 0.